The van der Waals surface area contributed by atoms with Crippen molar-refractivity contribution >= 4 is 15.9 Å². The minimum absolute atomic E-state index is 0.0993. The van der Waals surface area contributed by atoms with Gasteiger partial charge in [0.15, 0.2) is 0 Å². The molecular weight excluding hydrogens is 264 g/mol. The number of amides is 1. The average Bonchev–Trinajstić information content (AvgIpc) is 2.37. The number of nitrogens with two attached hydrogens (primary N) is 1. The van der Waals surface area contributed by atoms with Crippen LogP contribution in [0.3, 0.4) is 0 Å². The van der Waals surface area contributed by atoms with Gasteiger partial charge in [-0.05, 0) is 38.3 Å². The van der Waals surface area contributed by atoms with Crippen LogP contribution in [-0.4, -0.2) is 31.8 Å². The smallest absolute Gasteiger partial charge is 0.255 e. The molecular formula is C13H18N2O3S. The zero-order valence-corrected chi connectivity index (χ0v) is 11.7. The van der Waals surface area contributed by atoms with E-state index in [1.54, 1.807) is 17.0 Å². The Hall–Kier alpha value is -1.40. The van der Waals surface area contributed by atoms with Gasteiger partial charge in [-0.1, -0.05) is 12.1 Å². The standard InChI is InChI=1S/C13H18N2O3S/c1-10-6-4-5-9-15(10)13(16)11-7-2-3-8-12(11)19(14,17)18/h2-3,7-8,10H,4-6,9H2,1H3,(H2,14,17,18). The highest BCUT2D eigenvalue weighted by Gasteiger charge is 2.27. The minimum Gasteiger partial charge on any atom is -0.336 e. The van der Waals surface area contributed by atoms with Crippen molar-refractivity contribution in [3.63, 3.8) is 0 Å². The lowest BCUT2D eigenvalue weighted by Crippen LogP contribution is -2.42. The van der Waals surface area contributed by atoms with Crippen LogP contribution in [0, 0.1) is 0 Å². The number of hydrogen-bond donors (Lipinski definition) is 1. The van der Waals surface area contributed by atoms with Gasteiger partial charge in [0, 0.05) is 12.6 Å². The summed E-state index contributed by atoms with van der Waals surface area (Å²) in [6.07, 6.45) is 3.00. The molecule has 2 N–H and O–H groups in total. The molecule has 1 aliphatic heterocycles. The van der Waals surface area contributed by atoms with Crippen LogP contribution in [0.15, 0.2) is 29.2 Å². The fourth-order valence-corrected chi connectivity index (χ4v) is 3.18. The van der Waals surface area contributed by atoms with Gasteiger partial charge >= 0.3 is 0 Å². The first-order chi connectivity index (χ1) is 8.91. The molecule has 19 heavy (non-hydrogen) atoms. The second-order valence-corrected chi connectivity index (χ2v) is 6.41. The molecule has 1 saturated heterocycles. The lowest BCUT2D eigenvalue weighted by atomic mass is 10.0. The third kappa shape index (κ3) is 2.96. The molecule has 104 valence electrons. The summed E-state index contributed by atoms with van der Waals surface area (Å²) < 4.78 is 23.1. The van der Waals surface area contributed by atoms with E-state index in [-0.39, 0.29) is 22.4 Å². The zero-order chi connectivity index (χ0) is 14.0. The lowest BCUT2D eigenvalue weighted by molar-refractivity contribution is 0.0631. The van der Waals surface area contributed by atoms with E-state index in [0.717, 1.165) is 19.3 Å². The third-order valence-corrected chi connectivity index (χ3v) is 4.46. The number of piperidine rings is 1. The highest BCUT2D eigenvalue weighted by atomic mass is 32.2. The van der Waals surface area contributed by atoms with Gasteiger partial charge in [0.2, 0.25) is 10.0 Å². The summed E-state index contributed by atoms with van der Waals surface area (Å²) in [6, 6.07) is 6.24. The van der Waals surface area contributed by atoms with Crippen molar-refractivity contribution in [1.82, 2.24) is 4.90 Å². The largest absolute Gasteiger partial charge is 0.336 e. The Morgan fingerprint density at radius 1 is 1.32 bits per heavy atom. The van der Waals surface area contributed by atoms with Crippen LogP contribution in [0.4, 0.5) is 0 Å². The topological polar surface area (TPSA) is 80.5 Å². The molecule has 1 aromatic rings. The van der Waals surface area contributed by atoms with Crippen LogP contribution >= 0.6 is 0 Å². The third-order valence-electron chi connectivity index (χ3n) is 3.49. The molecule has 1 fully saturated rings. The van der Waals surface area contributed by atoms with Gasteiger partial charge in [-0.15, -0.1) is 0 Å². The van der Waals surface area contributed by atoms with Gasteiger partial charge in [-0.2, -0.15) is 0 Å². The molecule has 1 aliphatic rings. The number of carbonyl (C=O) groups excluding carboxylic acids is 1. The number of nitrogens with zero attached hydrogens (tertiary/aromatic N) is 1. The molecule has 0 aliphatic carbocycles. The Morgan fingerprint density at radius 2 is 2.00 bits per heavy atom. The molecule has 1 atom stereocenters. The van der Waals surface area contributed by atoms with Gasteiger partial charge in [-0.25, -0.2) is 13.6 Å². The van der Waals surface area contributed by atoms with Gasteiger partial charge in [-0.3, -0.25) is 4.79 Å². The second-order valence-electron chi connectivity index (χ2n) is 4.88. The molecule has 5 nitrogen and oxygen atoms in total. The molecule has 6 heteroatoms. The molecule has 1 unspecified atom stereocenters. The van der Waals surface area contributed by atoms with Crippen molar-refractivity contribution in [3.8, 4) is 0 Å². The quantitative estimate of drug-likeness (QED) is 0.889. The first kappa shape index (κ1) is 14.0. The van der Waals surface area contributed by atoms with Crippen LogP contribution in [-0.2, 0) is 10.0 Å². The summed E-state index contributed by atoms with van der Waals surface area (Å²) in [5, 5.41) is 5.16. The van der Waals surface area contributed by atoms with Crippen molar-refractivity contribution in [3.05, 3.63) is 29.8 Å². The molecule has 0 bridgehead atoms. The number of primary sulfonamides is 1. The predicted octanol–water partition coefficient (Wildman–Crippen LogP) is 1.35. The first-order valence-electron chi connectivity index (χ1n) is 6.34. The van der Waals surface area contributed by atoms with Crippen LogP contribution in [0.1, 0.15) is 36.5 Å². The Balaban J connectivity index is 2.39. The second kappa shape index (κ2) is 5.30. The minimum atomic E-state index is -3.88. The van der Waals surface area contributed by atoms with Crippen molar-refractivity contribution in [1.29, 1.82) is 0 Å². The molecule has 1 amide bonds. The van der Waals surface area contributed by atoms with E-state index in [2.05, 4.69) is 0 Å². The molecule has 1 aromatic carbocycles. The first-order valence-corrected chi connectivity index (χ1v) is 7.88. The molecule has 0 spiro atoms. The Bertz CT molecular complexity index is 583. The highest BCUT2D eigenvalue weighted by Crippen LogP contribution is 2.22. The number of sulfonamides is 1. The fraction of sp³-hybridized carbons (Fsp3) is 0.462. The summed E-state index contributed by atoms with van der Waals surface area (Å²) in [6.45, 7) is 2.65. The van der Waals surface area contributed by atoms with E-state index in [0.29, 0.717) is 6.54 Å². The molecule has 2 rings (SSSR count). The van der Waals surface area contributed by atoms with E-state index in [1.165, 1.54) is 12.1 Å². The Kier molecular flexibility index (Phi) is 3.91. The fourth-order valence-electron chi connectivity index (χ4n) is 2.45. The van der Waals surface area contributed by atoms with Gasteiger partial charge in [0.05, 0.1) is 10.5 Å². The number of hydrogen-bond acceptors (Lipinski definition) is 3. The number of carbonyl (C=O) groups is 1. The molecule has 0 saturated carbocycles. The van der Waals surface area contributed by atoms with E-state index in [9.17, 15) is 13.2 Å². The maximum atomic E-state index is 12.5. The SMILES string of the molecule is CC1CCCCN1C(=O)c1ccccc1S(N)(=O)=O. The summed E-state index contributed by atoms with van der Waals surface area (Å²) in [5.41, 5.74) is 0.166. The maximum absolute atomic E-state index is 12.5. The highest BCUT2D eigenvalue weighted by molar-refractivity contribution is 7.89. The van der Waals surface area contributed by atoms with Gasteiger partial charge < -0.3 is 4.90 Å². The van der Waals surface area contributed by atoms with Crippen molar-refractivity contribution in [2.24, 2.45) is 5.14 Å². The van der Waals surface area contributed by atoms with Gasteiger partial charge in [0.1, 0.15) is 0 Å². The van der Waals surface area contributed by atoms with Crippen LogP contribution in [0.25, 0.3) is 0 Å². The summed E-state index contributed by atoms with van der Waals surface area (Å²) >= 11 is 0. The van der Waals surface area contributed by atoms with E-state index in [1.807, 2.05) is 6.92 Å². The van der Waals surface area contributed by atoms with Crippen LogP contribution < -0.4 is 5.14 Å². The van der Waals surface area contributed by atoms with E-state index in [4.69, 9.17) is 5.14 Å². The van der Waals surface area contributed by atoms with E-state index >= 15 is 0 Å². The van der Waals surface area contributed by atoms with Crippen LogP contribution in [0.2, 0.25) is 0 Å². The lowest BCUT2D eigenvalue weighted by Gasteiger charge is -2.33. The summed E-state index contributed by atoms with van der Waals surface area (Å²) in [5.74, 6) is -0.253. The molecule has 0 radical (unpaired) electrons. The Labute approximate surface area is 113 Å². The molecule has 0 aromatic heterocycles. The predicted molar refractivity (Wildman–Crippen MR) is 72.2 cm³/mol. The van der Waals surface area contributed by atoms with Crippen molar-refractivity contribution in [2.45, 2.75) is 37.1 Å². The molecule has 1 heterocycles. The summed E-state index contributed by atoms with van der Waals surface area (Å²) in [4.78, 5) is 14.1. The van der Waals surface area contributed by atoms with Crippen molar-refractivity contribution in [2.75, 3.05) is 6.54 Å². The number of rotatable bonds is 2. The van der Waals surface area contributed by atoms with Crippen LogP contribution in [0.5, 0.6) is 0 Å². The zero-order valence-electron chi connectivity index (χ0n) is 10.9. The number of likely N-dealkylation sites (tertiary alicyclic amines) is 1. The normalized spacial score (nSPS) is 20.3. The summed E-state index contributed by atoms with van der Waals surface area (Å²) in [7, 11) is -3.88. The maximum Gasteiger partial charge on any atom is 0.255 e. The van der Waals surface area contributed by atoms with Crippen molar-refractivity contribution < 1.29 is 13.2 Å². The average molecular weight is 282 g/mol. The van der Waals surface area contributed by atoms with Gasteiger partial charge in [0.25, 0.3) is 5.91 Å². The van der Waals surface area contributed by atoms with E-state index < -0.39 is 10.0 Å². The monoisotopic (exact) mass is 282 g/mol. The Morgan fingerprint density at radius 3 is 2.63 bits per heavy atom. The number of benzene rings is 1.